The first-order chi connectivity index (χ1) is 7.67. The summed E-state index contributed by atoms with van der Waals surface area (Å²) in [5.41, 5.74) is 2.71. The number of aliphatic hydroxyl groups is 1. The fourth-order valence-electron chi connectivity index (χ4n) is 1.42. The lowest BCUT2D eigenvalue weighted by molar-refractivity contribution is -0.114. The molecule has 1 aromatic rings. The van der Waals surface area contributed by atoms with Crippen LogP contribution in [0.2, 0.25) is 0 Å². The van der Waals surface area contributed by atoms with E-state index in [0.717, 1.165) is 23.2 Å². The third-order valence-corrected chi connectivity index (χ3v) is 2.11. The van der Waals surface area contributed by atoms with Crippen LogP contribution in [-0.4, -0.2) is 17.6 Å². The molecule has 1 aromatic carbocycles. The number of rotatable bonds is 2. The van der Waals surface area contributed by atoms with Gasteiger partial charge in [-0.15, -0.1) is 0 Å². The highest BCUT2D eigenvalue weighted by molar-refractivity contribution is 5.89. The van der Waals surface area contributed by atoms with Crippen molar-refractivity contribution in [3.63, 3.8) is 0 Å². The van der Waals surface area contributed by atoms with Crippen molar-refractivity contribution in [3.8, 4) is 11.8 Å². The molecule has 1 amide bonds. The van der Waals surface area contributed by atoms with E-state index in [0.29, 0.717) is 0 Å². The van der Waals surface area contributed by atoms with Gasteiger partial charge in [-0.25, -0.2) is 0 Å². The minimum Gasteiger partial charge on any atom is -0.384 e. The third kappa shape index (κ3) is 3.41. The Balaban J connectivity index is 3.01. The van der Waals surface area contributed by atoms with Crippen LogP contribution in [0.3, 0.4) is 0 Å². The van der Waals surface area contributed by atoms with Crippen LogP contribution in [0.15, 0.2) is 18.2 Å². The Morgan fingerprint density at radius 2 is 2.25 bits per heavy atom. The number of hydrogen-bond acceptors (Lipinski definition) is 2. The molecule has 1 rings (SSSR count). The second-order valence-corrected chi connectivity index (χ2v) is 3.37. The van der Waals surface area contributed by atoms with E-state index in [-0.39, 0.29) is 12.5 Å². The quantitative estimate of drug-likeness (QED) is 0.738. The third-order valence-electron chi connectivity index (χ3n) is 2.11. The zero-order chi connectivity index (χ0) is 12.0. The van der Waals surface area contributed by atoms with Gasteiger partial charge in [-0.2, -0.15) is 0 Å². The average Bonchev–Trinajstić information content (AvgIpc) is 2.27. The largest absolute Gasteiger partial charge is 0.384 e. The normalized spacial score (nSPS) is 9.19. The van der Waals surface area contributed by atoms with Gasteiger partial charge in [-0.1, -0.05) is 18.8 Å². The van der Waals surface area contributed by atoms with E-state index in [4.69, 9.17) is 5.11 Å². The zero-order valence-electron chi connectivity index (χ0n) is 9.50. The van der Waals surface area contributed by atoms with E-state index in [1.165, 1.54) is 6.92 Å². The summed E-state index contributed by atoms with van der Waals surface area (Å²) in [6, 6.07) is 5.59. The minimum absolute atomic E-state index is 0.0797. The van der Waals surface area contributed by atoms with Gasteiger partial charge in [0.25, 0.3) is 0 Å². The van der Waals surface area contributed by atoms with E-state index in [2.05, 4.69) is 17.2 Å². The van der Waals surface area contributed by atoms with Crippen molar-refractivity contribution in [2.24, 2.45) is 0 Å². The first kappa shape index (κ1) is 12.3. The van der Waals surface area contributed by atoms with Gasteiger partial charge in [0, 0.05) is 18.2 Å². The summed E-state index contributed by atoms with van der Waals surface area (Å²) >= 11 is 0. The van der Waals surface area contributed by atoms with Crippen LogP contribution < -0.4 is 5.32 Å². The number of hydrogen-bond donors (Lipinski definition) is 2. The van der Waals surface area contributed by atoms with Gasteiger partial charge in [-0.3, -0.25) is 4.79 Å². The molecule has 2 N–H and O–H groups in total. The van der Waals surface area contributed by atoms with Crippen LogP contribution in [0.1, 0.15) is 25.0 Å². The van der Waals surface area contributed by atoms with Gasteiger partial charge in [0.1, 0.15) is 6.61 Å². The molecule has 84 valence electrons. The van der Waals surface area contributed by atoms with E-state index in [1.54, 1.807) is 0 Å². The molecule has 0 saturated heterocycles. The minimum atomic E-state index is -0.144. The molecular weight excluding hydrogens is 202 g/mol. The summed E-state index contributed by atoms with van der Waals surface area (Å²) < 4.78 is 0. The summed E-state index contributed by atoms with van der Waals surface area (Å²) in [4.78, 5) is 11.0. The average molecular weight is 217 g/mol. The molecule has 0 bridgehead atoms. The van der Waals surface area contributed by atoms with E-state index in [9.17, 15) is 4.79 Å². The number of nitrogens with one attached hydrogen (secondary N) is 1. The van der Waals surface area contributed by atoms with Crippen molar-refractivity contribution in [1.29, 1.82) is 0 Å². The number of anilines is 1. The molecule has 0 aliphatic rings. The van der Waals surface area contributed by atoms with E-state index < -0.39 is 0 Å². The summed E-state index contributed by atoms with van der Waals surface area (Å²) in [6.07, 6.45) is 0.824. The second kappa shape index (κ2) is 5.94. The Morgan fingerprint density at radius 3 is 2.81 bits per heavy atom. The Kier molecular flexibility index (Phi) is 4.56. The van der Waals surface area contributed by atoms with Crippen molar-refractivity contribution in [2.45, 2.75) is 20.3 Å². The number of amides is 1. The first-order valence-electron chi connectivity index (χ1n) is 5.17. The molecule has 16 heavy (non-hydrogen) atoms. The monoisotopic (exact) mass is 217 g/mol. The lowest BCUT2D eigenvalue weighted by atomic mass is 10.1. The van der Waals surface area contributed by atoms with Crippen LogP contribution in [0.25, 0.3) is 0 Å². The highest BCUT2D eigenvalue weighted by atomic mass is 16.2. The number of carbonyl (C=O) groups is 1. The van der Waals surface area contributed by atoms with Crippen molar-refractivity contribution in [3.05, 3.63) is 29.3 Å². The molecule has 0 spiro atoms. The number of aryl methyl sites for hydroxylation is 1. The van der Waals surface area contributed by atoms with E-state index >= 15 is 0 Å². The zero-order valence-corrected chi connectivity index (χ0v) is 9.50. The summed E-state index contributed by atoms with van der Waals surface area (Å²) in [6.45, 7) is 3.36. The van der Waals surface area contributed by atoms with Crippen LogP contribution >= 0.6 is 0 Å². The lowest BCUT2D eigenvalue weighted by Crippen LogP contribution is -2.08. The molecule has 0 radical (unpaired) electrons. The van der Waals surface area contributed by atoms with Gasteiger partial charge < -0.3 is 10.4 Å². The Morgan fingerprint density at radius 1 is 1.50 bits per heavy atom. The van der Waals surface area contributed by atoms with Crippen molar-refractivity contribution in [1.82, 2.24) is 0 Å². The van der Waals surface area contributed by atoms with Gasteiger partial charge in [0.05, 0.1) is 0 Å². The molecule has 0 aliphatic carbocycles. The molecule has 3 nitrogen and oxygen atoms in total. The SMILES string of the molecule is CCc1cc(C#CCO)ccc1NC(C)=O. The maximum absolute atomic E-state index is 11.0. The van der Waals surface area contributed by atoms with Gasteiger partial charge in [-0.05, 0) is 30.2 Å². The Hall–Kier alpha value is -1.79. The molecule has 3 heteroatoms. The maximum atomic E-state index is 11.0. The van der Waals surface area contributed by atoms with Crippen LogP contribution in [-0.2, 0) is 11.2 Å². The standard InChI is InChI=1S/C13H15NO2/c1-3-12-9-11(5-4-8-15)6-7-13(12)14-10(2)16/h6-7,9,15H,3,8H2,1-2H3,(H,14,16). The van der Waals surface area contributed by atoms with Gasteiger partial charge in [0.2, 0.25) is 5.91 Å². The lowest BCUT2D eigenvalue weighted by Gasteiger charge is -2.08. The van der Waals surface area contributed by atoms with Crippen molar-refractivity contribution < 1.29 is 9.90 Å². The summed E-state index contributed by atoms with van der Waals surface area (Å²) in [5, 5.41) is 11.4. The highest BCUT2D eigenvalue weighted by Crippen LogP contribution is 2.17. The summed E-state index contributed by atoms with van der Waals surface area (Å²) in [7, 11) is 0. The molecule has 0 aromatic heterocycles. The van der Waals surface area contributed by atoms with Crippen molar-refractivity contribution in [2.75, 3.05) is 11.9 Å². The predicted octanol–water partition coefficient (Wildman–Crippen LogP) is 1.55. The molecule has 0 aliphatic heterocycles. The molecule has 0 unspecified atom stereocenters. The van der Waals surface area contributed by atoms with Gasteiger partial charge in [0.15, 0.2) is 0 Å². The van der Waals surface area contributed by atoms with Crippen LogP contribution in [0.4, 0.5) is 5.69 Å². The smallest absolute Gasteiger partial charge is 0.221 e. The molecule has 0 atom stereocenters. The Bertz CT molecular complexity index is 441. The highest BCUT2D eigenvalue weighted by Gasteiger charge is 2.02. The predicted molar refractivity (Wildman–Crippen MR) is 64.1 cm³/mol. The molecule has 0 saturated carbocycles. The summed E-state index contributed by atoms with van der Waals surface area (Å²) in [5.74, 6) is 5.35. The fraction of sp³-hybridized carbons (Fsp3) is 0.308. The number of carbonyl (C=O) groups excluding carboxylic acids is 1. The molecule has 0 heterocycles. The number of benzene rings is 1. The fourth-order valence-corrected chi connectivity index (χ4v) is 1.42. The maximum Gasteiger partial charge on any atom is 0.221 e. The Labute approximate surface area is 95.5 Å². The topological polar surface area (TPSA) is 49.3 Å². The molecular formula is C13H15NO2. The first-order valence-corrected chi connectivity index (χ1v) is 5.17. The van der Waals surface area contributed by atoms with Gasteiger partial charge >= 0.3 is 0 Å². The van der Waals surface area contributed by atoms with Crippen LogP contribution in [0.5, 0.6) is 0 Å². The second-order valence-electron chi connectivity index (χ2n) is 3.37. The molecule has 0 fully saturated rings. The van der Waals surface area contributed by atoms with Crippen molar-refractivity contribution >= 4 is 11.6 Å². The number of aliphatic hydroxyl groups excluding tert-OH is 1. The van der Waals surface area contributed by atoms with Crippen LogP contribution in [0, 0.1) is 11.8 Å². The van der Waals surface area contributed by atoms with E-state index in [1.807, 2.05) is 25.1 Å².